The molecule has 12 heteroatoms. The molecule has 0 aliphatic rings. The molecule has 0 aliphatic carbocycles. The standard InChI is InChI=1S/C25H26F3N7O2/c1-14(2)19(24(37)33-13-25(26,27)28)6-15-5-16(9-29-8-15)21-12-31-22-20(21)7-17(10-30-22)23(36)32-11-18-3-4-34-35-18/h3-5,7-10,12,14,19H,6,11,13H2,1-2H3,(H,30,31)(H,32,36)(H,33,37)(H,34,35)/t19-/m1/s1. The number of pyridine rings is 2. The van der Waals surface area contributed by atoms with Crippen molar-refractivity contribution < 1.29 is 22.8 Å². The van der Waals surface area contributed by atoms with Crippen molar-refractivity contribution in [3.63, 3.8) is 0 Å². The number of alkyl halides is 3. The maximum atomic E-state index is 12.7. The first-order valence-electron chi connectivity index (χ1n) is 11.6. The SMILES string of the molecule is CC(C)[C@@H](Cc1cncc(-c2c[nH]c3ncc(C(=O)NCc4ccn[nH]4)cc23)c1)C(=O)NCC(F)(F)F. The van der Waals surface area contributed by atoms with Crippen LogP contribution in [0.4, 0.5) is 13.2 Å². The van der Waals surface area contributed by atoms with Crippen LogP contribution < -0.4 is 10.6 Å². The molecule has 0 unspecified atom stereocenters. The monoisotopic (exact) mass is 513 g/mol. The third-order valence-corrected chi connectivity index (χ3v) is 5.96. The van der Waals surface area contributed by atoms with Crippen LogP contribution in [0.5, 0.6) is 0 Å². The molecule has 0 saturated heterocycles. The Morgan fingerprint density at radius 1 is 1.11 bits per heavy atom. The average molecular weight is 514 g/mol. The zero-order valence-corrected chi connectivity index (χ0v) is 20.2. The van der Waals surface area contributed by atoms with Crippen molar-refractivity contribution >= 4 is 22.8 Å². The number of nitrogens with one attached hydrogen (secondary N) is 4. The van der Waals surface area contributed by atoms with Crippen molar-refractivity contribution in [1.82, 2.24) is 35.8 Å². The Morgan fingerprint density at radius 2 is 1.92 bits per heavy atom. The zero-order chi connectivity index (χ0) is 26.6. The average Bonchev–Trinajstić information content (AvgIpc) is 3.53. The van der Waals surface area contributed by atoms with Crippen LogP contribution in [0, 0.1) is 11.8 Å². The number of nitrogens with zero attached hydrogens (tertiary/aromatic N) is 3. The van der Waals surface area contributed by atoms with Gasteiger partial charge in [0.05, 0.1) is 17.8 Å². The van der Waals surface area contributed by atoms with Gasteiger partial charge in [0.15, 0.2) is 0 Å². The second kappa shape index (κ2) is 10.8. The van der Waals surface area contributed by atoms with Gasteiger partial charge in [-0.15, -0.1) is 0 Å². The number of fused-ring (bicyclic) bond motifs is 1. The van der Waals surface area contributed by atoms with Crippen molar-refractivity contribution in [2.75, 3.05) is 6.54 Å². The smallest absolute Gasteiger partial charge is 0.347 e. The van der Waals surface area contributed by atoms with Gasteiger partial charge in [-0.2, -0.15) is 18.3 Å². The van der Waals surface area contributed by atoms with Crippen molar-refractivity contribution in [1.29, 1.82) is 0 Å². The van der Waals surface area contributed by atoms with Crippen LogP contribution in [0.1, 0.15) is 35.5 Å². The van der Waals surface area contributed by atoms with Gasteiger partial charge in [-0.05, 0) is 36.1 Å². The molecule has 4 heterocycles. The molecule has 0 radical (unpaired) electrons. The van der Waals surface area contributed by atoms with Gasteiger partial charge in [-0.25, -0.2) is 4.98 Å². The maximum absolute atomic E-state index is 12.7. The van der Waals surface area contributed by atoms with Gasteiger partial charge in [0.2, 0.25) is 5.91 Å². The number of aromatic nitrogens is 5. The molecule has 194 valence electrons. The van der Waals surface area contributed by atoms with E-state index in [9.17, 15) is 22.8 Å². The predicted octanol–water partition coefficient (Wildman–Crippen LogP) is 3.77. The van der Waals surface area contributed by atoms with E-state index in [-0.39, 0.29) is 24.8 Å². The van der Waals surface area contributed by atoms with Gasteiger partial charge in [-0.3, -0.25) is 19.7 Å². The largest absolute Gasteiger partial charge is 0.405 e. The summed E-state index contributed by atoms with van der Waals surface area (Å²) in [6.07, 6.45) is 3.82. The number of H-pyrrole nitrogens is 2. The number of rotatable bonds is 9. The minimum atomic E-state index is -4.48. The molecule has 9 nitrogen and oxygen atoms in total. The minimum absolute atomic E-state index is 0.183. The fourth-order valence-corrected chi connectivity index (χ4v) is 3.98. The van der Waals surface area contributed by atoms with Crippen molar-refractivity contribution in [3.8, 4) is 11.1 Å². The second-order valence-electron chi connectivity index (χ2n) is 9.06. The van der Waals surface area contributed by atoms with Crippen LogP contribution >= 0.6 is 0 Å². The third kappa shape index (κ3) is 6.51. The predicted molar refractivity (Wildman–Crippen MR) is 130 cm³/mol. The van der Waals surface area contributed by atoms with E-state index in [1.165, 1.54) is 6.20 Å². The fraction of sp³-hybridized carbons (Fsp3) is 0.320. The lowest BCUT2D eigenvalue weighted by molar-refractivity contribution is -0.141. The van der Waals surface area contributed by atoms with E-state index in [0.29, 0.717) is 22.2 Å². The Kier molecular flexibility index (Phi) is 7.55. The first kappa shape index (κ1) is 25.9. The molecular weight excluding hydrogens is 487 g/mol. The number of hydrogen-bond donors (Lipinski definition) is 4. The van der Waals surface area contributed by atoms with E-state index in [4.69, 9.17) is 0 Å². The summed E-state index contributed by atoms with van der Waals surface area (Å²) >= 11 is 0. The topological polar surface area (TPSA) is 128 Å². The Balaban J connectivity index is 1.54. The van der Waals surface area contributed by atoms with E-state index in [1.54, 1.807) is 50.8 Å². The molecule has 37 heavy (non-hydrogen) atoms. The lowest BCUT2D eigenvalue weighted by atomic mass is 9.88. The Bertz CT molecular complexity index is 1380. The molecule has 0 fully saturated rings. The van der Waals surface area contributed by atoms with Gasteiger partial charge in [0, 0.05) is 53.4 Å². The van der Waals surface area contributed by atoms with Crippen LogP contribution in [0.3, 0.4) is 0 Å². The second-order valence-corrected chi connectivity index (χ2v) is 9.06. The number of aromatic amines is 2. The summed E-state index contributed by atoms with van der Waals surface area (Å²) in [6, 6.07) is 5.33. The highest BCUT2D eigenvalue weighted by atomic mass is 19.4. The quantitative estimate of drug-likeness (QED) is 0.271. The van der Waals surface area contributed by atoms with E-state index in [0.717, 1.165) is 16.8 Å². The molecule has 0 aliphatic heterocycles. The summed E-state index contributed by atoms with van der Waals surface area (Å²) in [5.41, 5.74) is 3.89. The minimum Gasteiger partial charge on any atom is -0.347 e. The van der Waals surface area contributed by atoms with Crippen LogP contribution in [0.2, 0.25) is 0 Å². The number of carbonyl (C=O) groups is 2. The number of carbonyl (C=O) groups excluding carboxylic acids is 2. The highest BCUT2D eigenvalue weighted by Gasteiger charge is 2.30. The molecule has 0 aromatic carbocycles. The first-order chi connectivity index (χ1) is 17.6. The Morgan fingerprint density at radius 3 is 2.62 bits per heavy atom. The van der Waals surface area contributed by atoms with E-state index >= 15 is 0 Å². The van der Waals surface area contributed by atoms with Gasteiger partial charge >= 0.3 is 6.18 Å². The zero-order valence-electron chi connectivity index (χ0n) is 20.2. The first-order valence-corrected chi connectivity index (χ1v) is 11.6. The molecule has 0 bridgehead atoms. The summed E-state index contributed by atoms with van der Waals surface area (Å²) in [4.78, 5) is 36.8. The Labute approximate surface area is 210 Å². The van der Waals surface area contributed by atoms with Crippen LogP contribution in [0.25, 0.3) is 22.2 Å². The van der Waals surface area contributed by atoms with Crippen molar-refractivity contribution in [2.45, 2.75) is 33.0 Å². The van der Waals surface area contributed by atoms with E-state index < -0.39 is 24.5 Å². The summed E-state index contributed by atoms with van der Waals surface area (Å²) in [5, 5.41) is 12.1. The molecule has 0 spiro atoms. The lowest BCUT2D eigenvalue weighted by Gasteiger charge is -2.21. The molecule has 4 N–H and O–H groups in total. The highest BCUT2D eigenvalue weighted by Crippen LogP contribution is 2.29. The van der Waals surface area contributed by atoms with Gasteiger partial charge in [-0.1, -0.05) is 13.8 Å². The Hall–Kier alpha value is -4.22. The molecule has 0 saturated carbocycles. The molecule has 4 aromatic rings. The van der Waals surface area contributed by atoms with Gasteiger partial charge < -0.3 is 15.6 Å². The summed E-state index contributed by atoms with van der Waals surface area (Å²) in [6.45, 7) is 2.50. The third-order valence-electron chi connectivity index (χ3n) is 5.96. The maximum Gasteiger partial charge on any atom is 0.405 e. The molecule has 4 rings (SSSR count). The normalized spacial score (nSPS) is 12.6. The summed E-state index contributed by atoms with van der Waals surface area (Å²) < 4.78 is 37.7. The summed E-state index contributed by atoms with van der Waals surface area (Å²) in [5.74, 6) is -1.79. The molecule has 4 aromatic heterocycles. The fourth-order valence-electron chi connectivity index (χ4n) is 3.98. The van der Waals surface area contributed by atoms with Crippen molar-refractivity contribution in [2.24, 2.45) is 11.8 Å². The van der Waals surface area contributed by atoms with Crippen LogP contribution in [-0.2, 0) is 17.8 Å². The molecule has 2 amide bonds. The number of hydrogen-bond acceptors (Lipinski definition) is 5. The number of amides is 2. The lowest BCUT2D eigenvalue weighted by Crippen LogP contribution is -2.40. The summed E-state index contributed by atoms with van der Waals surface area (Å²) in [7, 11) is 0. The van der Waals surface area contributed by atoms with E-state index in [2.05, 4.69) is 30.5 Å². The van der Waals surface area contributed by atoms with Crippen molar-refractivity contribution in [3.05, 3.63) is 66.0 Å². The van der Waals surface area contributed by atoms with Crippen LogP contribution in [-0.4, -0.2) is 49.7 Å². The highest BCUT2D eigenvalue weighted by molar-refractivity contribution is 6.01. The van der Waals surface area contributed by atoms with Crippen LogP contribution in [0.15, 0.2) is 49.2 Å². The van der Waals surface area contributed by atoms with Gasteiger partial charge in [0.1, 0.15) is 12.2 Å². The molecule has 1 atom stereocenters. The molecular formula is C25H26F3N7O2. The van der Waals surface area contributed by atoms with E-state index in [1.807, 2.05) is 11.4 Å². The number of halogens is 3. The van der Waals surface area contributed by atoms with Gasteiger partial charge in [0.25, 0.3) is 5.91 Å².